The number of ether oxygens (including phenoxy) is 2. The number of nitrogens with zero attached hydrogens (tertiary/aromatic N) is 3. The van der Waals surface area contributed by atoms with Crippen molar-refractivity contribution < 1.29 is 9.47 Å². The van der Waals surface area contributed by atoms with Gasteiger partial charge in [-0.1, -0.05) is 6.08 Å². The molecule has 6 heteroatoms. The Bertz CT molecular complexity index is 734. The summed E-state index contributed by atoms with van der Waals surface area (Å²) in [4.78, 5) is 14.7. The second-order valence-electron chi connectivity index (χ2n) is 6.63. The molecule has 1 N–H and O–H groups in total. The van der Waals surface area contributed by atoms with E-state index in [-0.39, 0.29) is 0 Å². The fourth-order valence-electron chi connectivity index (χ4n) is 3.58. The zero-order chi connectivity index (χ0) is 16.4. The van der Waals surface area contributed by atoms with Crippen molar-refractivity contribution in [3.63, 3.8) is 0 Å². The van der Waals surface area contributed by atoms with Crippen LogP contribution < -0.4 is 4.90 Å². The summed E-state index contributed by atoms with van der Waals surface area (Å²) < 4.78 is 10.9. The molecule has 2 aliphatic heterocycles. The van der Waals surface area contributed by atoms with Crippen LogP contribution in [0.15, 0.2) is 18.5 Å². The number of anilines is 1. The standard InChI is InChI=1S/C18H24N4O2/c1-22(11-13-2-6-23-7-3-13)18-15-10-16(14-4-8-24-9-5-14)21-17(15)19-12-20-18/h4,10,12-13H,2-3,5-9,11H2,1H3,(H,19,20,21). The van der Waals surface area contributed by atoms with E-state index in [4.69, 9.17) is 9.47 Å². The highest BCUT2D eigenvalue weighted by molar-refractivity contribution is 5.90. The predicted molar refractivity (Wildman–Crippen MR) is 94.1 cm³/mol. The third-order valence-electron chi connectivity index (χ3n) is 4.95. The van der Waals surface area contributed by atoms with Gasteiger partial charge >= 0.3 is 0 Å². The molecule has 0 atom stereocenters. The zero-order valence-electron chi connectivity index (χ0n) is 14.1. The quantitative estimate of drug-likeness (QED) is 0.935. The lowest BCUT2D eigenvalue weighted by Gasteiger charge is -2.27. The normalized spacial score (nSPS) is 19.5. The number of aromatic amines is 1. The lowest BCUT2D eigenvalue weighted by Crippen LogP contribution is -2.30. The minimum absolute atomic E-state index is 0.672. The Morgan fingerprint density at radius 2 is 2.08 bits per heavy atom. The van der Waals surface area contributed by atoms with E-state index >= 15 is 0 Å². The molecule has 0 saturated carbocycles. The first-order valence-electron chi connectivity index (χ1n) is 8.71. The number of fused-ring (bicyclic) bond motifs is 1. The number of aromatic nitrogens is 3. The van der Waals surface area contributed by atoms with E-state index in [1.54, 1.807) is 6.33 Å². The van der Waals surface area contributed by atoms with Crippen molar-refractivity contribution in [2.75, 3.05) is 44.9 Å². The summed E-state index contributed by atoms with van der Waals surface area (Å²) in [6.07, 6.45) is 6.99. The Morgan fingerprint density at radius 3 is 2.88 bits per heavy atom. The number of H-pyrrole nitrogens is 1. The van der Waals surface area contributed by atoms with Crippen LogP contribution in [0.2, 0.25) is 0 Å². The summed E-state index contributed by atoms with van der Waals surface area (Å²) in [6.45, 7) is 4.23. The first kappa shape index (κ1) is 15.6. The van der Waals surface area contributed by atoms with E-state index in [0.717, 1.165) is 68.2 Å². The molecule has 2 aromatic heterocycles. The zero-order valence-corrected chi connectivity index (χ0v) is 14.1. The van der Waals surface area contributed by atoms with Crippen LogP contribution in [0.3, 0.4) is 0 Å². The van der Waals surface area contributed by atoms with Crippen LogP contribution in [0.1, 0.15) is 25.0 Å². The molecule has 128 valence electrons. The van der Waals surface area contributed by atoms with Crippen molar-refractivity contribution in [1.82, 2.24) is 15.0 Å². The summed E-state index contributed by atoms with van der Waals surface area (Å²) in [5, 5.41) is 1.09. The molecule has 4 rings (SSSR count). The van der Waals surface area contributed by atoms with E-state index in [1.165, 1.54) is 5.57 Å². The second kappa shape index (κ2) is 6.91. The van der Waals surface area contributed by atoms with Gasteiger partial charge in [0.25, 0.3) is 0 Å². The van der Waals surface area contributed by atoms with Crippen molar-refractivity contribution in [2.45, 2.75) is 19.3 Å². The number of nitrogens with one attached hydrogen (secondary N) is 1. The Kier molecular flexibility index (Phi) is 4.49. The van der Waals surface area contributed by atoms with E-state index in [2.05, 4.69) is 39.0 Å². The topological polar surface area (TPSA) is 63.3 Å². The van der Waals surface area contributed by atoms with Crippen LogP contribution in [0.5, 0.6) is 0 Å². The lowest BCUT2D eigenvalue weighted by molar-refractivity contribution is 0.0685. The molecule has 0 aliphatic carbocycles. The minimum Gasteiger partial charge on any atom is -0.381 e. The van der Waals surface area contributed by atoms with Gasteiger partial charge in [0.1, 0.15) is 17.8 Å². The van der Waals surface area contributed by atoms with Gasteiger partial charge in [0.05, 0.1) is 18.6 Å². The summed E-state index contributed by atoms with van der Waals surface area (Å²) in [5.74, 6) is 1.67. The first-order valence-corrected chi connectivity index (χ1v) is 8.71. The van der Waals surface area contributed by atoms with Crippen molar-refractivity contribution in [1.29, 1.82) is 0 Å². The van der Waals surface area contributed by atoms with Crippen LogP contribution >= 0.6 is 0 Å². The molecule has 1 fully saturated rings. The van der Waals surface area contributed by atoms with Crippen LogP contribution in [-0.4, -0.2) is 55.0 Å². The smallest absolute Gasteiger partial charge is 0.143 e. The predicted octanol–water partition coefficient (Wildman–Crippen LogP) is 2.62. The Hall–Kier alpha value is -1.92. The van der Waals surface area contributed by atoms with Crippen LogP contribution in [0.4, 0.5) is 5.82 Å². The van der Waals surface area contributed by atoms with Crippen LogP contribution in [0, 0.1) is 5.92 Å². The number of rotatable bonds is 4. The van der Waals surface area contributed by atoms with Gasteiger partial charge in [-0.2, -0.15) is 0 Å². The molecule has 0 unspecified atom stereocenters. The molecule has 0 bridgehead atoms. The van der Waals surface area contributed by atoms with Gasteiger partial charge in [-0.05, 0) is 36.8 Å². The van der Waals surface area contributed by atoms with Crippen LogP contribution in [0.25, 0.3) is 16.6 Å². The van der Waals surface area contributed by atoms with Gasteiger partial charge < -0.3 is 19.4 Å². The second-order valence-corrected chi connectivity index (χ2v) is 6.63. The molecular weight excluding hydrogens is 304 g/mol. The van der Waals surface area contributed by atoms with Gasteiger partial charge in [0, 0.05) is 32.5 Å². The first-order chi connectivity index (χ1) is 11.8. The molecule has 0 aromatic carbocycles. The fourth-order valence-corrected chi connectivity index (χ4v) is 3.58. The molecule has 0 amide bonds. The van der Waals surface area contributed by atoms with Crippen molar-refractivity contribution >= 4 is 22.4 Å². The van der Waals surface area contributed by atoms with E-state index in [0.29, 0.717) is 12.5 Å². The molecule has 2 aromatic rings. The highest BCUT2D eigenvalue weighted by atomic mass is 16.5. The van der Waals surface area contributed by atoms with Crippen molar-refractivity contribution in [2.24, 2.45) is 5.92 Å². The number of hydrogen-bond donors (Lipinski definition) is 1. The maximum Gasteiger partial charge on any atom is 0.143 e. The highest BCUT2D eigenvalue weighted by Crippen LogP contribution is 2.29. The van der Waals surface area contributed by atoms with E-state index in [1.807, 2.05) is 0 Å². The van der Waals surface area contributed by atoms with Gasteiger partial charge in [0.2, 0.25) is 0 Å². The summed E-state index contributed by atoms with van der Waals surface area (Å²) in [6, 6.07) is 2.18. The summed E-state index contributed by atoms with van der Waals surface area (Å²) in [5.41, 5.74) is 3.34. The van der Waals surface area contributed by atoms with E-state index < -0.39 is 0 Å². The third kappa shape index (κ3) is 3.16. The van der Waals surface area contributed by atoms with Crippen LogP contribution in [-0.2, 0) is 9.47 Å². The van der Waals surface area contributed by atoms with Gasteiger partial charge in [-0.15, -0.1) is 0 Å². The average molecular weight is 328 g/mol. The fraction of sp³-hybridized carbons (Fsp3) is 0.556. The molecular formula is C18H24N4O2. The number of hydrogen-bond acceptors (Lipinski definition) is 5. The highest BCUT2D eigenvalue weighted by Gasteiger charge is 2.19. The third-order valence-corrected chi connectivity index (χ3v) is 4.95. The molecule has 2 aliphatic rings. The van der Waals surface area contributed by atoms with Crippen molar-refractivity contribution in [3.05, 3.63) is 24.2 Å². The largest absolute Gasteiger partial charge is 0.381 e. The molecule has 1 saturated heterocycles. The van der Waals surface area contributed by atoms with Gasteiger partial charge in [-0.3, -0.25) is 0 Å². The Balaban J connectivity index is 1.60. The molecule has 4 heterocycles. The molecule has 24 heavy (non-hydrogen) atoms. The molecule has 0 spiro atoms. The van der Waals surface area contributed by atoms with Gasteiger partial charge in [-0.25, -0.2) is 9.97 Å². The summed E-state index contributed by atoms with van der Waals surface area (Å²) >= 11 is 0. The Morgan fingerprint density at radius 1 is 1.21 bits per heavy atom. The lowest BCUT2D eigenvalue weighted by atomic mass is 10.00. The van der Waals surface area contributed by atoms with Crippen molar-refractivity contribution in [3.8, 4) is 0 Å². The minimum atomic E-state index is 0.672. The SMILES string of the molecule is CN(CC1CCOCC1)c1ncnc2[nH]c(C3=CCOCC3)cc12. The average Bonchev–Trinajstić information content (AvgIpc) is 3.07. The maximum absolute atomic E-state index is 5.46. The summed E-state index contributed by atoms with van der Waals surface area (Å²) in [7, 11) is 2.12. The maximum atomic E-state index is 5.46. The van der Waals surface area contributed by atoms with E-state index in [9.17, 15) is 0 Å². The molecule has 0 radical (unpaired) electrons. The molecule has 6 nitrogen and oxygen atoms in total. The van der Waals surface area contributed by atoms with Gasteiger partial charge in [0.15, 0.2) is 0 Å². The Labute approximate surface area is 141 Å². The monoisotopic (exact) mass is 328 g/mol.